The SMILES string of the molecule is CN=C(NCc1ccc(Cl)cc1OC)NC1CCN(c2cccc(F)c2)CC1.I. The Morgan fingerprint density at radius 2 is 2.00 bits per heavy atom. The largest absolute Gasteiger partial charge is 0.496 e. The monoisotopic (exact) mass is 532 g/mol. The maximum atomic E-state index is 13.4. The lowest BCUT2D eigenvalue weighted by atomic mass is 10.0. The predicted molar refractivity (Wildman–Crippen MR) is 128 cm³/mol. The van der Waals surface area contributed by atoms with Gasteiger partial charge in [-0.15, -0.1) is 24.0 Å². The summed E-state index contributed by atoms with van der Waals surface area (Å²) in [5, 5.41) is 7.46. The first-order valence-electron chi connectivity index (χ1n) is 9.39. The molecule has 1 aliphatic heterocycles. The van der Waals surface area contributed by atoms with E-state index in [1.807, 2.05) is 18.2 Å². The van der Waals surface area contributed by atoms with Gasteiger partial charge in [-0.05, 0) is 43.2 Å². The van der Waals surface area contributed by atoms with E-state index in [-0.39, 0.29) is 29.8 Å². The number of nitrogens with zero attached hydrogens (tertiary/aromatic N) is 2. The molecule has 0 spiro atoms. The number of rotatable bonds is 5. The number of hydrogen-bond donors (Lipinski definition) is 2. The molecule has 0 bridgehead atoms. The third-order valence-corrected chi connectivity index (χ3v) is 5.16. The van der Waals surface area contributed by atoms with Gasteiger partial charge in [-0.25, -0.2) is 4.39 Å². The Balaban J connectivity index is 0.00000300. The van der Waals surface area contributed by atoms with Crippen molar-refractivity contribution >= 4 is 47.2 Å². The molecule has 0 amide bonds. The van der Waals surface area contributed by atoms with Gasteiger partial charge in [0.25, 0.3) is 0 Å². The third kappa shape index (κ3) is 6.64. The minimum absolute atomic E-state index is 0. The molecule has 0 aromatic heterocycles. The van der Waals surface area contributed by atoms with E-state index in [1.54, 1.807) is 32.4 Å². The Labute approximate surface area is 193 Å². The van der Waals surface area contributed by atoms with Crippen LogP contribution in [0.1, 0.15) is 18.4 Å². The molecule has 0 unspecified atom stereocenters. The highest BCUT2D eigenvalue weighted by molar-refractivity contribution is 14.0. The summed E-state index contributed by atoms with van der Waals surface area (Å²) in [5.74, 6) is 1.31. The number of ether oxygens (including phenoxy) is 1. The molecule has 158 valence electrons. The van der Waals surface area contributed by atoms with Crippen LogP contribution < -0.4 is 20.3 Å². The standard InChI is InChI=1S/C21H26ClFN4O.HI/c1-24-21(25-14-15-6-7-16(22)12-20(15)28-2)26-18-8-10-27(11-9-18)19-5-3-4-17(23)13-19;/h3-7,12-13,18H,8-11,14H2,1-2H3,(H2,24,25,26);1H. The molecular weight excluding hydrogens is 506 g/mol. The molecule has 0 radical (unpaired) electrons. The molecule has 1 fully saturated rings. The summed E-state index contributed by atoms with van der Waals surface area (Å²) in [5.41, 5.74) is 1.95. The molecule has 8 heteroatoms. The molecular formula is C21H27ClFIN4O. The maximum absolute atomic E-state index is 13.4. The van der Waals surface area contributed by atoms with Gasteiger partial charge in [-0.3, -0.25) is 4.99 Å². The van der Waals surface area contributed by atoms with E-state index in [9.17, 15) is 4.39 Å². The number of hydrogen-bond acceptors (Lipinski definition) is 3. The summed E-state index contributed by atoms with van der Waals surface area (Å²) in [6, 6.07) is 12.7. The molecule has 2 aromatic rings. The van der Waals surface area contributed by atoms with Crippen molar-refractivity contribution in [1.29, 1.82) is 0 Å². The van der Waals surface area contributed by atoms with Crippen molar-refractivity contribution in [2.24, 2.45) is 4.99 Å². The molecule has 1 saturated heterocycles. The molecule has 2 N–H and O–H groups in total. The van der Waals surface area contributed by atoms with Crippen molar-refractivity contribution in [1.82, 2.24) is 10.6 Å². The third-order valence-electron chi connectivity index (χ3n) is 4.93. The quantitative estimate of drug-likeness (QED) is 0.340. The lowest BCUT2D eigenvalue weighted by Crippen LogP contribution is -2.48. The Morgan fingerprint density at radius 3 is 2.66 bits per heavy atom. The summed E-state index contributed by atoms with van der Waals surface area (Å²) in [4.78, 5) is 6.54. The molecule has 29 heavy (non-hydrogen) atoms. The fourth-order valence-electron chi connectivity index (χ4n) is 3.39. The van der Waals surface area contributed by atoms with E-state index in [4.69, 9.17) is 16.3 Å². The van der Waals surface area contributed by atoms with Gasteiger partial charge >= 0.3 is 0 Å². The van der Waals surface area contributed by atoms with Crippen LogP contribution in [0.25, 0.3) is 0 Å². The summed E-state index contributed by atoms with van der Waals surface area (Å²) in [6.45, 7) is 2.34. The summed E-state index contributed by atoms with van der Waals surface area (Å²) >= 11 is 6.02. The number of methoxy groups -OCH3 is 1. The number of benzene rings is 2. The van der Waals surface area contributed by atoms with Crippen LogP contribution >= 0.6 is 35.6 Å². The maximum Gasteiger partial charge on any atom is 0.191 e. The van der Waals surface area contributed by atoms with Crippen LogP contribution in [0.4, 0.5) is 10.1 Å². The zero-order valence-corrected chi connectivity index (χ0v) is 19.7. The van der Waals surface area contributed by atoms with Gasteiger partial charge in [-0.2, -0.15) is 0 Å². The molecule has 0 atom stereocenters. The summed E-state index contributed by atoms with van der Waals surface area (Å²) in [6.07, 6.45) is 1.92. The van der Waals surface area contributed by atoms with Crippen molar-refractivity contribution in [2.45, 2.75) is 25.4 Å². The first-order chi connectivity index (χ1) is 13.6. The van der Waals surface area contributed by atoms with E-state index < -0.39 is 0 Å². The Bertz CT molecular complexity index is 828. The Morgan fingerprint density at radius 1 is 1.24 bits per heavy atom. The minimum atomic E-state index is -0.194. The highest BCUT2D eigenvalue weighted by atomic mass is 127. The predicted octanol–water partition coefficient (Wildman–Crippen LogP) is 4.44. The van der Waals surface area contributed by atoms with Crippen LogP contribution in [0.3, 0.4) is 0 Å². The molecule has 1 aliphatic rings. The zero-order chi connectivity index (χ0) is 19.9. The van der Waals surface area contributed by atoms with Gasteiger partial charge in [-0.1, -0.05) is 23.7 Å². The second kappa shape index (κ2) is 11.4. The van der Waals surface area contributed by atoms with Gasteiger partial charge in [0, 0.05) is 49.0 Å². The molecule has 0 saturated carbocycles. The highest BCUT2D eigenvalue weighted by Crippen LogP contribution is 2.23. The summed E-state index contributed by atoms with van der Waals surface area (Å²) < 4.78 is 18.8. The van der Waals surface area contributed by atoms with Crippen LogP contribution in [0.5, 0.6) is 5.75 Å². The van der Waals surface area contributed by atoms with Crippen molar-refractivity contribution in [3.8, 4) is 5.75 Å². The van der Waals surface area contributed by atoms with Gasteiger partial charge in [0.2, 0.25) is 0 Å². The van der Waals surface area contributed by atoms with Gasteiger partial charge < -0.3 is 20.3 Å². The first kappa shape index (κ1) is 23.5. The summed E-state index contributed by atoms with van der Waals surface area (Å²) in [7, 11) is 3.39. The molecule has 3 rings (SSSR count). The van der Waals surface area contributed by atoms with Crippen LogP contribution in [0, 0.1) is 5.82 Å². The van der Waals surface area contributed by atoms with E-state index in [0.29, 0.717) is 17.6 Å². The van der Waals surface area contributed by atoms with E-state index in [0.717, 1.165) is 48.9 Å². The van der Waals surface area contributed by atoms with Crippen LogP contribution in [0.2, 0.25) is 5.02 Å². The fraction of sp³-hybridized carbons (Fsp3) is 0.381. The van der Waals surface area contributed by atoms with Crippen molar-refractivity contribution in [3.63, 3.8) is 0 Å². The molecule has 2 aromatic carbocycles. The van der Waals surface area contributed by atoms with Gasteiger partial charge in [0.05, 0.1) is 7.11 Å². The van der Waals surface area contributed by atoms with E-state index >= 15 is 0 Å². The van der Waals surface area contributed by atoms with E-state index in [2.05, 4.69) is 20.5 Å². The number of halogens is 3. The smallest absolute Gasteiger partial charge is 0.191 e. The zero-order valence-electron chi connectivity index (χ0n) is 16.6. The molecule has 5 nitrogen and oxygen atoms in total. The Hall–Kier alpha value is -1.74. The van der Waals surface area contributed by atoms with Gasteiger partial charge in [0.15, 0.2) is 5.96 Å². The number of guanidine groups is 1. The first-order valence-corrected chi connectivity index (χ1v) is 9.77. The lowest BCUT2D eigenvalue weighted by Gasteiger charge is -2.34. The number of piperidine rings is 1. The highest BCUT2D eigenvalue weighted by Gasteiger charge is 2.20. The molecule has 1 heterocycles. The van der Waals surface area contributed by atoms with Crippen LogP contribution in [0.15, 0.2) is 47.5 Å². The number of aliphatic imine (C=N–C) groups is 1. The Kier molecular flexibility index (Phi) is 9.29. The average Bonchev–Trinajstić information content (AvgIpc) is 2.72. The van der Waals surface area contributed by atoms with Crippen molar-refractivity contribution in [3.05, 3.63) is 58.9 Å². The van der Waals surface area contributed by atoms with Crippen molar-refractivity contribution < 1.29 is 9.13 Å². The van der Waals surface area contributed by atoms with Crippen LogP contribution in [-0.2, 0) is 6.54 Å². The fourth-order valence-corrected chi connectivity index (χ4v) is 3.55. The molecule has 0 aliphatic carbocycles. The van der Waals surface area contributed by atoms with Crippen LogP contribution in [-0.4, -0.2) is 39.2 Å². The van der Waals surface area contributed by atoms with E-state index in [1.165, 1.54) is 6.07 Å². The average molecular weight is 533 g/mol. The van der Waals surface area contributed by atoms with Gasteiger partial charge in [0.1, 0.15) is 11.6 Å². The second-order valence-corrected chi connectivity index (χ2v) is 7.20. The second-order valence-electron chi connectivity index (χ2n) is 6.77. The number of anilines is 1. The topological polar surface area (TPSA) is 48.9 Å². The minimum Gasteiger partial charge on any atom is -0.496 e. The van der Waals surface area contributed by atoms with Crippen molar-refractivity contribution in [2.75, 3.05) is 32.1 Å². The lowest BCUT2D eigenvalue weighted by molar-refractivity contribution is 0.409. The normalized spacial score (nSPS) is 14.9. The number of nitrogens with one attached hydrogen (secondary N) is 2.